The second-order valence-electron chi connectivity index (χ2n) is 3.41. The highest BCUT2D eigenvalue weighted by molar-refractivity contribution is 14.1. The molecule has 1 aromatic heterocycles. The number of nitrogens with one attached hydrogen (secondary N) is 1. The van der Waals surface area contributed by atoms with Crippen LogP contribution in [0.25, 0.3) is 0 Å². The van der Waals surface area contributed by atoms with E-state index in [1.807, 2.05) is 22.6 Å². The standard InChI is InChI=1S/C12H7BrFIN2O/c13-8-2-1-5-16-11(8)12(18)17-10-4-3-7(14)6-9(10)15/h1-6H,(H,17,18). The summed E-state index contributed by atoms with van der Waals surface area (Å²) in [5, 5.41) is 2.69. The Morgan fingerprint density at radius 2 is 2.17 bits per heavy atom. The Morgan fingerprint density at radius 3 is 2.83 bits per heavy atom. The summed E-state index contributed by atoms with van der Waals surface area (Å²) in [5.74, 6) is -0.677. The summed E-state index contributed by atoms with van der Waals surface area (Å²) in [5.41, 5.74) is 0.845. The molecule has 6 heteroatoms. The van der Waals surface area contributed by atoms with Gasteiger partial charge in [-0.05, 0) is 68.9 Å². The fourth-order valence-corrected chi connectivity index (χ4v) is 2.37. The molecule has 2 aromatic rings. The zero-order valence-electron chi connectivity index (χ0n) is 8.95. The fraction of sp³-hybridized carbons (Fsp3) is 0. The van der Waals surface area contributed by atoms with Crippen LogP contribution in [-0.4, -0.2) is 10.9 Å². The average molecular weight is 421 g/mol. The van der Waals surface area contributed by atoms with Crippen LogP contribution in [0.2, 0.25) is 0 Å². The minimum Gasteiger partial charge on any atom is -0.320 e. The summed E-state index contributed by atoms with van der Waals surface area (Å²) < 4.78 is 14.2. The summed E-state index contributed by atoms with van der Waals surface area (Å²) in [6.45, 7) is 0. The second kappa shape index (κ2) is 5.75. The van der Waals surface area contributed by atoms with Crippen molar-refractivity contribution in [1.82, 2.24) is 4.98 Å². The van der Waals surface area contributed by atoms with Crippen molar-refractivity contribution >= 4 is 50.1 Å². The van der Waals surface area contributed by atoms with Gasteiger partial charge in [-0.2, -0.15) is 0 Å². The van der Waals surface area contributed by atoms with E-state index in [1.165, 1.54) is 24.4 Å². The molecule has 0 saturated heterocycles. The Hall–Kier alpha value is -1.02. The molecule has 18 heavy (non-hydrogen) atoms. The molecular weight excluding hydrogens is 414 g/mol. The predicted octanol–water partition coefficient (Wildman–Crippen LogP) is 3.84. The van der Waals surface area contributed by atoms with Gasteiger partial charge in [0.15, 0.2) is 0 Å². The molecular formula is C12H7BrFIN2O. The number of hydrogen-bond donors (Lipinski definition) is 1. The van der Waals surface area contributed by atoms with E-state index in [-0.39, 0.29) is 17.4 Å². The molecule has 0 unspecified atom stereocenters. The van der Waals surface area contributed by atoms with Crippen molar-refractivity contribution in [2.24, 2.45) is 0 Å². The number of benzene rings is 1. The molecule has 0 bridgehead atoms. The maximum Gasteiger partial charge on any atom is 0.275 e. The molecule has 0 aliphatic rings. The molecule has 0 aliphatic carbocycles. The highest BCUT2D eigenvalue weighted by Crippen LogP contribution is 2.21. The van der Waals surface area contributed by atoms with Crippen LogP contribution in [0.5, 0.6) is 0 Å². The lowest BCUT2D eigenvalue weighted by atomic mass is 10.3. The van der Waals surface area contributed by atoms with Crippen LogP contribution in [0.3, 0.4) is 0 Å². The topological polar surface area (TPSA) is 42.0 Å². The Balaban J connectivity index is 2.24. The van der Waals surface area contributed by atoms with Crippen LogP contribution >= 0.6 is 38.5 Å². The van der Waals surface area contributed by atoms with E-state index in [4.69, 9.17) is 0 Å². The highest BCUT2D eigenvalue weighted by Gasteiger charge is 2.12. The Kier molecular flexibility index (Phi) is 4.28. The van der Waals surface area contributed by atoms with E-state index in [0.717, 1.165) is 0 Å². The van der Waals surface area contributed by atoms with E-state index in [0.29, 0.717) is 13.7 Å². The molecule has 0 saturated carbocycles. The third-order valence-corrected chi connectivity index (χ3v) is 3.69. The summed E-state index contributed by atoms with van der Waals surface area (Å²) in [6.07, 6.45) is 1.54. The van der Waals surface area contributed by atoms with Crippen molar-refractivity contribution < 1.29 is 9.18 Å². The Morgan fingerprint density at radius 1 is 1.39 bits per heavy atom. The SMILES string of the molecule is O=C(Nc1ccc(F)cc1I)c1ncccc1Br. The van der Waals surface area contributed by atoms with Gasteiger partial charge in [-0.1, -0.05) is 0 Å². The average Bonchev–Trinajstić information content (AvgIpc) is 2.33. The first-order chi connectivity index (χ1) is 8.58. The molecule has 1 heterocycles. The van der Waals surface area contributed by atoms with Gasteiger partial charge in [-0.15, -0.1) is 0 Å². The first-order valence-electron chi connectivity index (χ1n) is 4.95. The first-order valence-corrected chi connectivity index (χ1v) is 6.82. The molecule has 1 aromatic carbocycles. The number of carbonyl (C=O) groups is 1. The Bertz CT molecular complexity index is 606. The van der Waals surface area contributed by atoms with Gasteiger partial charge < -0.3 is 5.32 Å². The molecule has 0 atom stereocenters. The second-order valence-corrected chi connectivity index (χ2v) is 5.43. The molecule has 2 rings (SSSR count). The maximum atomic E-state index is 12.9. The van der Waals surface area contributed by atoms with Crippen LogP contribution in [0.1, 0.15) is 10.5 Å². The third-order valence-electron chi connectivity index (χ3n) is 2.15. The number of pyridine rings is 1. The predicted molar refractivity (Wildman–Crippen MR) is 79.0 cm³/mol. The number of nitrogens with zero attached hydrogens (tertiary/aromatic N) is 1. The smallest absolute Gasteiger partial charge is 0.275 e. The van der Waals surface area contributed by atoms with E-state index in [1.54, 1.807) is 12.1 Å². The van der Waals surface area contributed by atoms with Crippen molar-refractivity contribution in [2.45, 2.75) is 0 Å². The number of anilines is 1. The van der Waals surface area contributed by atoms with Gasteiger partial charge in [0.05, 0.1) is 5.69 Å². The number of aromatic nitrogens is 1. The molecule has 0 radical (unpaired) electrons. The van der Waals surface area contributed by atoms with E-state index in [2.05, 4.69) is 26.2 Å². The van der Waals surface area contributed by atoms with Crippen LogP contribution in [0.4, 0.5) is 10.1 Å². The minimum absolute atomic E-state index is 0.289. The number of rotatable bonds is 2. The lowest BCUT2D eigenvalue weighted by Crippen LogP contribution is -2.15. The van der Waals surface area contributed by atoms with Crippen molar-refractivity contribution in [2.75, 3.05) is 5.32 Å². The van der Waals surface area contributed by atoms with Gasteiger partial charge in [-0.3, -0.25) is 4.79 Å². The first kappa shape index (κ1) is 13.4. The van der Waals surface area contributed by atoms with Gasteiger partial charge in [0.1, 0.15) is 11.5 Å². The number of amides is 1. The largest absolute Gasteiger partial charge is 0.320 e. The minimum atomic E-state index is -0.341. The fourth-order valence-electron chi connectivity index (χ4n) is 1.33. The lowest BCUT2D eigenvalue weighted by molar-refractivity contribution is 0.102. The summed E-state index contributed by atoms with van der Waals surface area (Å²) in [7, 11) is 0. The monoisotopic (exact) mass is 420 g/mol. The number of carbonyl (C=O) groups excluding carboxylic acids is 1. The van der Waals surface area contributed by atoms with Crippen molar-refractivity contribution in [3.63, 3.8) is 0 Å². The molecule has 1 amide bonds. The lowest BCUT2D eigenvalue weighted by Gasteiger charge is -2.07. The van der Waals surface area contributed by atoms with Crippen molar-refractivity contribution in [1.29, 1.82) is 0 Å². The molecule has 0 spiro atoms. The van der Waals surface area contributed by atoms with E-state index < -0.39 is 0 Å². The zero-order chi connectivity index (χ0) is 13.1. The molecule has 0 fully saturated rings. The van der Waals surface area contributed by atoms with Crippen molar-refractivity contribution in [3.05, 3.63) is 56.1 Å². The van der Waals surface area contributed by atoms with Crippen LogP contribution in [-0.2, 0) is 0 Å². The normalized spacial score (nSPS) is 10.2. The van der Waals surface area contributed by atoms with Gasteiger partial charge >= 0.3 is 0 Å². The maximum absolute atomic E-state index is 12.9. The number of hydrogen-bond acceptors (Lipinski definition) is 2. The van der Waals surface area contributed by atoms with Gasteiger partial charge in [0, 0.05) is 14.2 Å². The molecule has 92 valence electrons. The molecule has 1 N–H and O–H groups in total. The van der Waals surface area contributed by atoms with Crippen molar-refractivity contribution in [3.8, 4) is 0 Å². The zero-order valence-corrected chi connectivity index (χ0v) is 12.7. The Labute approximate surface area is 125 Å². The number of halogens is 3. The quantitative estimate of drug-likeness (QED) is 0.750. The highest BCUT2D eigenvalue weighted by atomic mass is 127. The van der Waals surface area contributed by atoms with Crippen LogP contribution in [0.15, 0.2) is 41.0 Å². The van der Waals surface area contributed by atoms with Gasteiger partial charge in [0.25, 0.3) is 5.91 Å². The molecule has 0 aliphatic heterocycles. The van der Waals surface area contributed by atoms with E-state index in [9.17, 15) is 9.18 Å². The van der Waals surface area contributed by atoms with E-state index >= 15 is 0 Å². The summed E-state index contributed by atoms with van der Waals surface area (Å²) >= 11 is 5.22. The summed E-state index contributed by atoms with van der Waals surface area (Å²) in [4.78, 5) is 16.0. The van der Waals surface area contributed by atoms with Gasteiger partial charge in [-0.25, -0.2) is 9.37 Å². The van der Waals surface area contributed by atoms with Crippen LogP contribution in [0, 0.1) is 9.39 Å². The third kappa shape index (κ3) is 3.05. The van der Waals surface area contributed by atoms with Crippen LogP contribution < -0.4 is 5.32 Å². The molecule has 3 nitrogen and oxygen atoms in total. The van der Waals surface area contributed by atoms with Gasteiger partial charge in [0.2, 0.25) is 0 Å². The summed E-state index contributed by atoms with van der Waals surface area (Å²) in [6, 6.07) is 7.63.